The topological polar surface area (TPSA) is 51.8 Å². The highest BCUT2D eigenvalue weighted by Gasteiger charge is 2.20. The lowest BCUT2D eigenvalue weighted by molar-refractivity contribution is 0.669. The molecule has 0 saturated carbocycles. The van der Waals surface area contributed by atoms with Crippen molar-refractivity contribution in [2.24, 2.45) is 0 Å². The molecule has 0 fully saturated rings. The summed E-state index contributed by atoms with van der Waals surface area (Å²) in [6.07, 6.45) is 0. The number of aromatic nitrogens is 3. The molecule has 0 saturated heterocycles. The maximum absolute atomic E-state index is 6.40. The zero-order valence-corrected chi connectivity index (χ0v) is 27.5. The number of fused-ring (bicyclic) bond motifs is 7. The first-order chi connectivity index (χ1) is 25.3. The largest absolute Gasteiger partial charge is 0.456 e. The van der Waals surface area contributed by atoms with Crippen LogP contribution in [0.3, 0.4) is 0 Å². The molecule has 51 heavy (non-hydrogen) atoms. The Morgan fingerprint density at radius 1 is 0.353 bits per heavy atom. The van der Waals surface area contributed by atoms with Crippen molar-refractivity contribution >= 4 is 43.6 Å². The molecule has 0 spiro atoms. The zero-order valence-electron chi connectivity index (χ0n) is 27.5. The molecule has 10 aromatic rings. The van der Waals surface area contributed by atoms with E-state index in [2.05, 4.69) is 133 Å². The lowest BCUT2D eigenvalue weighted by Crippen LogP contribution is -1.98. The average molecular weight is 652 g/mol. The molecule has 0 aliphatic heterocycles. The van der Waals surface area contributed by atoms with Crippen LogP contribution in [-0.2, 0) is 0 Å². The molecule has 238 valence electrons. The van der Waals surface area contributed by atoms with E-state index in [1.807, 2.05) is 42.5 Å². The number of para-hydroxylation sites is 2. The van der Waals surface area contributed by atoms with Gasteiger partial charge in [-0.1, -0.05) is 146 Å². The lowest BCUT2D eigenvalue weighted by atomic mass is 9.94. The zero-order chi connectivity index (χ0) is 33.7. The predicted octanol–water partition coefficient (Wildman–Crippen LogP) is 12.4. The van der Waals surface area contributed by atoms with Gasteiger partial charge in [-0.3, -0.25) is 0 Å². The van der Waals surface area contributed by atoms with E-state index >= 15 is 0 Å². The maximum atomic E-state index is 6.40. The summed E-state index contributed by atoms with van der Waals surface area (Å²) in [6, 6.07) is 60.6. The Hall–Kier alpha value is -6.91. The summed E-state index contributed by atoms with van der Waals surface area (Å²) in [5.41, 5.74) is 11.4. The Balaban J connectivity index is 1.28. The van der Waals surface area contributed by atoms with Gasteiger partial charge in [0.15, 0.2) is 5.82 Å². The van der Waals surface area contributed by atoms with Crippen LogP contribution in [0.1, 0.15) is 0 Å². The summed E-state index contributed by atoms with van der Waals surface area (Å²) in [6.45, 7) is 0. The van der Waals surface area contributed by atoms with Gasteiger partial charge in [0.2, 0.25) is 0 Å². The maximum Gasteiger partial charge on any atom is 0.160 e. The monoisotopic (exact) mass is 651 g/mol. The van der Waals surface area contributed by atoms with Crippen LogP contribution in [0.15, 0.2) is 180 Å². The second-order valence-electron chi connectivity index (χ2n) is 12.8. The molecule has 10 rings (SSSR count). The molecule has 0 unspecified atom stereocenters. The molecule has 7 aromatic carbocycles. The van der Waals surface area contributed by atoms with Gasteiger partial charge in [-0.15, -0.1) is 0 Å². The highest BCUT2D eigenvalue weighted by atomic mass is 16.3. The molecular weight excluding hydrogens is 623 g/mol. The summed E-state index contributed by atoms with van der Waals surface area (Å²) in [4.78, 5) is 15.9. The molecule has 3 aromatic heterocycles. The van der Waals surface area contributed by atoms with Crippen LogP contribution in [0.2, 0.25) is 0 Å². The molecule has 0 bridgehead atoms. The molecule has 3 heterocycles. The summed E-state index contributed by atoms with van der Waals surface area (Å²) >= 11 is 0. The van der Waals surface area contributed by atoms with E-state index in [1.54, 1.807) is 0 Å². The smallest absolute Gasteiger partial charge is 0.160 e. The molecule has 0 aliphatic carbocycles. The van der Waals surface area contributed by atoms with Crippen LogP contribution in [0, 0.1) is 0 Å². The van der Waals surface area contributed by atoms with Gasteiger partial charge in [0.05, 0.1) is 22.6 Å². The molecule has 0 aliphatic rings. The van der Waals surface area contributed by atoms with Crippen LogP contribution >= 0.6 is 0 Å². The van der Waals surface area contributed by atoms with Crippen molar-refractivity contribution in [1.82, 2.24) is 15.0 Å². The minimum atomic E-state index is 0.661. The average Bonchev–Trinajstić information content (AvgIpc) is 3.60. The Morgan fingerprint density at radius 3 is 1.78 bits per heavy atom. The Labute approximate surface area is 294 Å². The highest BCUT2D eigenvalue weighted by Crippen LogP contribution is 2.43. The van der Waals surface area contributed by atoms with Gasteiger partial charge in [-0.25, -0.2) is 15.0 Å². The predicted molar refractivity (Wildman–Crippen MR) is 209 cm³/mol. The molecule has 4 heteroatoms. The number of furan rings is 1. The standard InChI is InChI=1S/C47H29N3O/c1-4-14-30(15-5-1)33-20-12-21-34(28-33)47-48-39(31-16-6-2-7-17-31)29-40(49-47)35-23-13-24-37-43-38(45(50-46(35)37)32-18-8-3-9-19-32)26-27-42-44(43)36-22-10-11-25-41(36)51-42/h1-29H. The first kappa shape index (κ1) is 29.0. The quantitative estimate of drug-likeness (QED) is 0.174. The number of hydrogen-bond acceptors (Lipinski definition) is 4. The second-order valence-corrected chi connectivity index (χ2v) is 12.8. The first-order valence-corrected chi connectivity index (χ1v) is 17.1. The Bertz CT molecular complexity index is 2900. The fourth-order valence-electron chi connectivity index (χ4n) is 7.29. The number of hydrogen-bond donors (Lipinski definition) is 0. The highest BCUT2D eigenvalue weighted by molar-refractivity contribution is 6.29. The first-order valence-electron chi connectivity index (χ1n) is 17.1. The van der Waals surface area contributed by atoms with Crippen LogP contribution in [0.5, 0.6) is 0 Å². The second kappa shape index (κ2) is 11.9. The third kappa shape index (κ3) is 4.96. The minimum Gasteiger partial charge on any atom is -0.456 e. The van der Waals surface area contributed by atoms with Crippen LogP contribution in [0.4, 0.5) is 0 Å². The number of rotatable bonds is 5. The molecular formula is C47H29N3O. The normalized spacial score (nSPS) is 11.5. The Morgan fingerprint density at radius 2 is 0.980 bits per heavy atom. The summed E-state index contributed by atoms with van der Waals surface area (Å²) in [5, 5.41) is 5.43. The fraction of sp³-hybridized carbons (Fsp3) is 0. The van der Waals surface area contributed by atoms with Crippen molar-refractivity contribution < 1.29 is 4.42 Å². The number of benzene rings is 7. The van der Waals surface area contributed by atoms with E-state index in [9.17, 15) is 0 Å². The van der Waals surface area contributed by atoms with Crippen LogP contribution in [-0.4, -0.2) is 15.0 Å². The molecule has 0 atom stereocenters. The third-order valence-corrected chi connectivity index (χ3v) is 9.67. The van der Waals surface area contributed by atoms with Crippen molar-refractivity contribution in [3.63, 3.8) is 0 Å². The van der Waals surface area contributed by atoms with E-state index < -0.39 is 0 Å². The fourth-order valence-corrected chi connectivity index (χ4v) is 7.29. The van der Waals surface area contributed by atoms with Gasteiger partial charge in [-0.2, -0.15) is 0 Å². The summed E-state index contributed by atoms with van der Waals surface area (Å²) in [5.74, 6) is 0.661. The van der Waals surface area contributed by atoms with Crippen molar-refractivity contribution in [2.75, 3.05) is 0 Å². The summed E-state index contributed by atoms with van der Waals surface area (Å²) < 4.78 is 6.40. The van der Waals surface area contributed by atoms with Gasteiger partial charge in [0.25, 0.3) is 0 Å². The molecule has 0 N–H and O–H groups in total. The van der Waals surface area contributed by atoms with E-state index in [4.69, 9.17) is 19.4 Å². The van der Waals surface area contributed by atoms with Gasteiger partial charge < -0.3 is 4.42 Å². The number of pyridine rings is 1. The van der Waals surface area contributed by atoms with Crippen molar-refractivity contribution in [2.45, 2.75) is 0 Å². The van der Waals surface area contributed by atoms with Crippen molar-refractivity contribution in [3.05, 3.63) is 176 Å². The molecule has 0 amide bonds. The van der Waals surface area contributed by atoms with Gasteiger partial charge >= 0.3 is 0 Å². The van der Waals surface area contributed by atoms with Crippen molar-refractivity contribution in [1.29, 1.82) is 0 Å². The Kier molecular flexibility index (Phi) is 6.78. The third-order valence-electron chi connectivity index (χ3n) is 9.67. The van der Waals surface area contributed by atoms with Crippen LogP contribution in [0.25, 0.3) is 99.9 Å². The van der Waals surface area contributed by atoms with Gasteiger partial charge in [-0.05, 0) is 41.5 Å². The van der Waals surface area contributed by atoms with Gasteiger partial charge in [0, 0.05) is 49.2 Å². The van der Waals surface area contributed by atoms with Crippen molar-refractivity contribution in [3.8, 4) is 56.3 Å². The summed E-state index contributed by atoms with van der Waals surface area (Å²) in [7, 11) is 0. The van der Waals surface area contributed by atoms with E-state index in [0.29, 0.717) is 5.82 Å². The van der Waals surface area contributed by atoms with E-state index in [0.717, 1.165) is 94.1 Å². The minimum absolute atomic E-state index is 0.661. The van der Waals surface area contributed by atoms with Crippen LogP contribution < -0.4 is 0 Å². The SMILES string of the molecule is c1ccc(-c2cccc(-c3nc(-c4ccccc4)cc(-c4cccc5c4nc(-c4ccccc4)c4ccc6oc7ccccc7c6c45)n3)c2)cc1. The van der Waals surface area contributed by atoms with Gasteiger partial charge in [0.1, 0.15) is 11.2 Å². The lowest BCUT2D eigenvalue weighted by Gasteiger charge is -2.15. The molecule has 4 nitrogen and oxygen atoms in total. The van der Waals surface area contributed by atoms with E-state index in [1.165, 1.54) is 0 Å². The molecule has 0 radical (unpaired) electrons. The van der Waals surface area contributed by atoms with E-state index in [-0.39, 0.29) is 0 Å². The number of nitrogens with zero attached hydrogens (tertiary/aromatic N) is 3.